The summed E-state index contributed by atoms with van der Waals surface area (Å²) in [7, 11) is -2.51. The average Bonchev–Trinajstić information content (AvgIpc) is 2.72. The van der Waals surface area contributed by atoms with Gasteiger partial charge in [0.25, 0.3) is 15.7 Å². The van der Waals surface area contributed by atoms with Gasteiger partial charge in [0, 0.05) is 19.2 Å². The highest BCUT2D eigenvalue weighted by Gasteiger charge is 2.23. The number of nitrogens with one attached hydrogen (secondary N) is 1. The molecule has 112 valence electrons. The van der Waals surface area contributed by atoms with Gasteiger partial charge >= 0.3 is 0 Å². The van der Waals surface area contributed by atoms with Crippen molar-refractivity contribution in [2.24, 2.45) is 7.05 Å². The van der Waals surface area contributed by atoms with Crippen LogP contribution in [0.3, 0.4) is 0 Å². The molecule has 0 saturated carbocycles. The van der Waals surface area contributed by atoms with E-state index in [1.54, 1.807) is 0 Å². The van der Waals surface area contributed by atoms with Crippen molar-refractivity contribution in [1.29, 1.82) is 0 Å². The van der Waals surface area contributed by atoms with Crippen molar-refractivity contribution < 1.29 is 13.3 Å². The van der Waals surface area contributed by atoms with Crippen molar-refractivity contribution in [1.82, 2.24) is 9.55 Å². The average molecular weight is 351 g/mol. The molecule has 21 heavy (non-hydrogen) atoms. The monoisotopic (exact) mass is 350 g/mol. The molecule has 2 aromatic rings. The number of nitro benzene ring substituents is 1. The SMILES string of the molecule is Cn1cnc(S(=O)(=O)Nc2ccc([N+](=O)[O-])cc2Cl)c1Cl. The van der Waals surface area contributed by atoms with Gasteiger partial charge in [-0.05, 0) is 6.07 Å². The van der Waals surface area contributed by atoms with E-state index in [2.05, 4.69) is 9.71 Å². The molecule has 0 fully saturated rings. The first-order valence-corrected chi connectivity index (χ1v) is 7.60. The van der Waals surface area contributed by atoms with E-state index in [1.807, 2.05) is 0 Å². The Hall–Kier alpha value is -1.84. The number of nitrogens with zero attached hydrogens (tertiary/aromatic N) is 3. The summed E-state index contributed by atoms with van der Waals surface area (Å²) in [6.07, 6.45) is 1.24. The lowest BCUT2D eigenvalue weighted by molar-refractivity contribution is -0.384. The molecule has 11 heteroatoms. The predicted octanol–water partition coefficient (Wildman–Crippen LogP) is 2.44. The van der Waals surface area contributed by atoms with Gasteiger partial charge in [0.15, 0.2) is 0 Å². The maximum absolute atomic E-state index is 12.1. The molecule has 0 bridgehead atoms. The highest BCUT2D eigenvalue weighted by Crippen LogP contribution is 2.29. The number of halogens is 2. The number of hydrogen-bond acceptors (Lipinski definition) is 5. The standard InChI is InChI=1S/C10H8Cl2N4O4S/c1-15-5-13-10(9(15)12)21(19,20)14-8-3-2-6(16(17)18)4-7(8)11/h2-5,14H,1H3. The zero-order valence-corrected chi connectivity index (χ0v) is 12.8. The van der Waals surface area contributed by atoms with Gasteiger partial charge in [0.2, 0.25) is 5.03 Å². The fraction of sp³-hybridized carbons (Fsp3) is 0.100. The number of anilines is 1. The van der Waals surface area contributed by atoms with E-state index < -0.39 is 14.9 Å². The summed E-state index contributed by atoms with van der Waals surface area (Å²) in [5.74, 6) is 0. The fourth-order valence-corrected chi connectivity index (χ4v) is 3.26. The van der Waals surface area contributed by atoms with Crippen LogP contribution >= 0.6 is 23.2 Å². The lowest BCUT2D eigenvalue weighted by Crippen LogP contribution is -2.14. The number of rotatable bonds is 4. The first kappa shape index (κ1) is 15.5. The number of nitro groups is 1. The van der Waals surface area contributed by atoms with Crippen LogP contribution in [0.5, 0.6) is 0 Å². The first-order valence-electron chi connectivity index (χ1n) is 5.36. The van der Waals surface area contributed by atoms with Gasteiger partial charge in [-0.25, -0.2) is 4.98 Å². The van der Waals surface area contributed by atoms with Crippen LogP contribution in [0.15, 0.2) is 29.6 Å². The number of benzene rings is 1. The summed E-state index contributed by atoms with van der Waals surface area (Å²) < 4.78 is 27.8. The maximum Gasteiger partial charge on any atom is 0.282 e. The van der Waals surface area contributed by atoms with Crippen molar-refractivity contribution in [3.05, 3.63) is 44.8 Å². The van der Waals surface area contributed by atoms with Gasteiger partial charge in [-0.1, -0.05) is 23.2 Å². The summed E-state index contributed by atoms with van der Waals surface area (Å²) in [6, 6.07) is 3.36. The number of sulfonamides is 1. The van der Waals surface area contributed by atoms with Crippen LogP contribution in [-0.2, 0) is 17.1 Å². The van der Waals surface area contributed by atoms with E-state index in [0.717, 1.165) is 12.1 Å². The molecule has 1 aromatic carbocycles. The van der Waals surface area contributed by atoms with Crippen LogP contribution in [0, 0.1) is 10.1 Å². The van der Waals surface area contributed by atoms with E-state index in [-0.39, 0.29) is 26.6 Å². The Labute approximate surface area is 129 Å². The topological polar surface area (TPSA) is 107 Å². The van der Waals surface area contributed by atoms with Crippen molar-refractivity contribution in [3.8, 4) is 0 Å². The predicted molar refractivity (Wildman–Crippen MR) is 77.1 cm³/mol. The largest absolute Gasteiger partial charge is 0.324 e. The van der Waals surface area contributed by atoms with Gasteiger partial charge in [-0.2, -0.15) is 8.42 Å². The van der Waals surface area contributed by atoms with Crippen LogP contribution in [0.4, 0.5) is 11.4 Å². The lowest BCUT2D eigenvalue weighted by atomic mass is 10.3. The Morgan fingerprint density at radius 2 is 2.05 bits per heavy atom. The molecule has 0 aliphatic rings. The van der Waals surface area contributed by atoms with Gasteiger partial charge in [-0.3, -0.25) is 14.8 Å². The number of non-ortho nitro benzene ring substituents is 1. The first-order chi connectivity index (χ1) is 9.72. The second-order valence-electron chi connectivity index (χ2n) is 3.98. The molecule has 8 nitrogen and oxygen atoms in total. The fourth-order valence-electron chi connectivity index (χ4n) is 1.47. The second-order valence-corrected chi connectivity index (χ2v) is 6.34. The summed E-state index contributed by atoms with van der Waals surface area (Å²) in [4.78, 5) is 13.6. The maximum atomic E-state index is 12.1. The number of imidazole rings is 1. The Bertz CT molecular complexity index is 818. The summed E-state index contributed by atoms with van der Waals surface area (Å²) in [6.45, 7) is 0. The second kappa shape index (κ2) is 5.51. The Morgan fingerprint density at radius 3 is 2.52 bits per heavy atom. The molecule has 0 unspecified atom stereocenters. The van der Waals surface area contributed by atoms with Crippen molar-refractivity contribution in [3.63, 3.8) is 0 Å². The summed E-state index contributed by atoms with van der Waals surface area (Å²) in [5.41, 5.74) is -0.261. The molecule has 0 aliphatic heterocycles. The van der Waals surface area contributed by atoms with E-state index >= 15 is 0 Å². The molecule has 0 spiro atoms. The summed E-state index contributed by atoms with van der Waals surface area (Å²) in [5, 5.41) is 10.1. The summed E-state index contributed by atoms with van der Waals surface area (Å²) >= 11 is 11.6. The van der Waals surface area contributed by atoms with Crippen molar-refractivity contribution in [2.45, 2.75) is 5.03 Å². The lowest BCUT2D eigenvalue weighted by Gasteiger charge is -2.08. The van der Waals surface area contributed by atoms with Crippen LogP contribution in [0.25, 0.3) is 0 Å². The van der Waals surface area contributed by atoms with Crippen LogP contribution in [0.1, 0.15) is 0 Å². The van der Waals surface area contributed by atoms with Gasteiger partial charge in [0.05, 0.1) is 22.0 Å². The quantitative estimate of drug-likeness (QED) is 0.672. The highest BCUT2D eigenvalue weighted by atomic mass is 35.5. The molecular formula is C10H8Cl2N4O4S. The zero-order valence-electron chi connectivity index (χ0n) is 10.4. The minimum atomic E-state index is -4.05. The van der Waals surface area contributed by atoms with Gasteiger partial charge in [0.1, 0.15) is 5.15 Å². The van der Waals surface area contributed by atoms with E-state index in [1.165, 1.54) is 24.0 Å². The Kier molecular flexibility index (Phi) is 4.08. The number of hydrogen-bond donors (Lipinski definition) is 1. The molecular weight excluding hydrogens is 343 g/mol. The van der Waals surface area contributed by atoms with E-state index in [4.69, 9.17) is 23.2 Å². The number of aryl methyl sites for hydroxylation is 1. The molecule has 2 rings (SSSR count). The Balaban J connectivity index is 2.37. The van der Waals surface area contributed by atoms with Gasteiger partial charge in [-0.15, -0.1) is 0 Å². The molecule has 0 atom stereocenters. The molecule has 0 saturated heterocycles. The minimum Gasteiger partial charge on any atom is -0.324 e. The molecule has 0 amide bonds. The number of aromatic nitrogens is 2. The normalized spacial score (nSPS) is 11.4. The van der Waals surface area contributed by atoms with Crippen LogP contribution in [-0.4, -0.2) is 22.9 Å². The smallest absolute Gasteiger partial charge is 0.282 e. The third kappa shape index (κ3) is 3.09. The van der Waals surface area contributed by atoms with Crippen molar-refractivity contribution >= 4 is 44.6 Å². The molecule has 0 radical (unpaired) electrons. The van der Waals surface area contributed by atoms with Crippen LogP contribution in [0.2, 0.25) is 10.2 Å². The molecule has 1 aromatic heterocycles. The minimum absolute atomic E-state index is 0.0102. The Morgan fingerprint density at radius 1 is 1.38 bits per heavy atom. The molecule has 0 aliphatic carbocycles. The molecule has 1 N–H and O–H groups in total. The molecule has 1 heterocycles. The zero-order chi connectivity index (χ0) is 15.8. The third-order valence-electron chi connectivity index (χ3n) is 2.50. The van der Waals surface area contributed by atoms with E-state index in [0.29, 0.717) is 0 Å². The highest BCUT2D eigenvalue weighted by molar-refractivity contribution is 7.92. The van der Waals surface area contributed by atoms with Crippen molar-refractivity contribution in [2.75, 3.05) is 4.72 Å². The van der Waals surface area contributed by atoms with E-state index in [9.17, 15) is 18.5 Å². The third-order valence-corrected chi connectivity index (χ3v) is 4.66. The van der Waals surface area contributed by atoms with Crippen LogP contribution < -0.4 is 4.72 Å². The van der Waals surface area contributed by atoms with Gasteiger partial charge < -0.3 is 4.57 Å².